The van der Waals surface area contributed by atoms with Crippen LogP contribution in [0.2, 0.25) is 0 Å². The van der Waals surface area contributed by atoms with Crippen LogP contribution in [0.5, 0.6) is 0 Å². The fourth-order valence-electron chi connectivity index (χ4n) is 5.68. The Labute approximate surface area is 205 Å². The molecule has 35 heavy (non-hydrogen) atoms. The number of hydrogen-bond acceptors (Lipinski definition) is 4. The number of rotatable bonds is 5. The summed E-state index contributed by atoms with van der Waals surface area (Å²) in [4.78, 5) is 38.3. The van der Waals surface area contributed by atoms with Gasteiger partial charge in [0.2, 0.25) is 5.91 Å². The summed E-state index contributed by atoms with van der Waals surface area (Å²) < 4.78 is 0. The van der Waals surface area contributed by atoms with Crippen molar-refractivity contribution in [2.45, 2.75) is 77.7 Å². The van der Waals surface area contributed by atoms with Gasteiger partial charge < -0.3 is 20.1 Å². The Morgan fingerprint density at radius 3 is 2.51 bits per heavy atom. The second-order valence-corrected chi connectivity index (χ2v) is 10.0. The van der Waals surface area contributed by atoms with Crippen LogP contribution in [0, 0.1) is 0 Å². The van der Waals surface area contributed by atoms with Crippen LogP contribution < -0.4 is 10.2 Å². The number of likely N-dealkylation sites (tertiary alicyclic amines) is 1. The molecule has 0 spiro atoms. The molecule has 2 aliphatic rings. The summed E-state index contributed by atoms with van der Waals surface area (Å²) in [5.41, 5.74) is 4.28. The van der Waals surface area contributed by atoms with Crippen LogP contribution in [0.1, 0.15) is 71.8 Å². The third-order valence-corrected chi connectivity index (χ3v) is 7.73. The lowest BCUT2D eigenvalue weighted by molar-refractivity contribution is -0.123. The van der Waals surface area contributed by atoms with Crippen molar-refractivity contribution >= 4 is 34.3 Å². The highest BCUT2D eigenvalue weighted by Gasteiger charge is 2.49. The summed E-state index contributed by atoms with van der Waals surface area (Å²) in [7, 11) is 0. The molecular weight excluding hydrogens is 442 g/mol. The molecule has 0 aliphatic carbocycles. The van der Waals surface area contributed by atoms with Gasteiger partial charge in [-0.15, -0.1) is 0 Å². The summed E-state index contributed by atoms with van der Waals surface area (Å²) in [6, 6.07) is 4.05. The topological polar surface area (TPSA) is 110 Å². The third-order valence-electron chi connectivity index (χ3n) is 7.73. The smallest absolute Gasteiger partial charge is 0.321 e. The van der Waals surface area contributed by atoms with Gasteiger partial charge in [-0.05, 0) is 57.2 Å². The fourth-order valence-corrected chi connectivity index (χ4v) is 5.68. The number of fused-ring (bicyclic) bond motifs is 2. The van der Waals surface area contributed by atoms with Crippen molar-refractivity contribution in [3.05, 3.63) is 23.9 Å². The van der Waals surface area contributed by atoms with Crippen molar-refractivity contribution in [3.63, 3.8) is 0 Å². The highest BCUT2D eigenvalue weighted by molar-refractivity contribution is 6.10. The molecular formula is C26H35N7O2. The van der Waals surface area contributed by atoms with Crippen LogP contribution in [-0.4, -0.2) is 56.1 Å². The Bertz CT molecular complexity index is 1250. The number of urea groups is 1. The van der Waals surface area contributed by atoms with E-state index >= 15 is 0 Å². The number of amides is 3. The number of nitrogens with one attached hydrogen (secondary N) is 3. The van der Waals surface area contributed by atoms with E-state index in [1.807, 2.05) is 29.7 Å². The summed E-state index contributed by atoms with van der Waals surface area (Å²) >= 11 is 0. The molecule has 3 N–H and O–H groups in total. The number of benzene rings is 1. The van der Waals surface area contributed by atoms with Gasteiger partial charge in [0, 0.05) is 25.3 Å². The third kappa shape index (κ3) is 3.77. The molecule has 3 aromatic rings. The van der Waals surface area contributed by atoms with Crippen LogP contribution in [0.25, 0.3) is 22.6 Å². The monoisotopic (exact) mass is 477 g/mol. The van der Waals surface area contributed by atoms with Crippen LogP contribution in [0.3, 0.4) is 0 Å². The van der Waals surface area contributed by atoms with Crippen molar-refractivity contribution in [3.8, 4) is 11.5 Å². The van der Waals surface area contributed by atoms with Gasteiger partial charge >= 0.3 is 6.03 Å². The average Bonchev–Trinajstić information content (AvgIpc) is 3.44. The molecule has 0 atom stereocenters. The van der Waals surface area contributed by atoms with Crippen LogP contribution in [-0.2, 0) is 10.2 Å². The summed E-state index contributed by atoms with van der Waals surface area (Å²) in [5.74, 6) is 0.753. The van der Waals surface area contributed by atoms with E-state index in [1.54, 1.807) is 6.20 Å². The normalized spacial score (nSPS) is 17.8. The molecule has 5 rings (SSSR count). The molecule has 3 amide bonds. The van der Waals surface area contributed by atoms with E-state index < -0.39 is 5.41 Å². The maximum absolute atomic E-state index is 13.5. The largest absolute Gasteiger partial charge is 0.337 e. The van der Waals surface area contributed by atoms with Gasteiger partial charge in [-0.25, -0.2) is 9.78 Å². The molecule has 0 saturated carbocycles. The fraction of sp³-hybridized carbons (Fsp3) is 0.538. The van der Waals surface area contributed by atoms with Crippen LogP contribution in [0.4, 0.5) is 16.2 Å². The maximum Gasteiger partial charge on any atom is 0.321 e. The molecule has 9 nitrogen and oxygen atoms in total. The first kappa shape index (κ1) is 23.4. The Kier molecular flexibility index (Phi) is 6.02. The van der Waals surface area contributed by atoms with Crippen molar-refractivity contribution in [1.82, 2.24) is 25.1 Å². The van der Waals surface area contributed by atoms with Crippen molar-refractivity contribution in [2.24, 2.45) is 0 Å². The summed E-state index contributed by atoms with van der Waals surface area (Å²) in [6.45, 7) is 9.81. The second kappa shape index (κ2) is 9.02. The first-order valence-electron chi connectivity index (χ1n) is 12.9. The van der Waals surface area contributed by atoms with Gasteiger partial charge in [-0.2, -0.15) is 5.10 Å². The van der Waals surface area contributed by atoms with Gasteiger partial charge in [-0.3, -0.25) is 9.89 Å². The van der Waals surface area contributed by atoms with Gasteiger partial charge in [0.25, 0.3) is 0 Å². The Morgan fingerprint density at radius 1 is 1.14 bits per heavy atom. The minimum Gasteiger partial charge on any atom is -0.337 e. The molecule has 4 heterocycles. The Balaban J connectivity index is 1.50. The predicted molar refractivity (Wildman–Crippen MR) is 138 cm³/mol. The van der Waals surface area contributed by atoms with E-state index in [-0.39, 0.29) is 18.0 Å². The van der Waals surface area contributed by atoms with E-state index in [9.17, 15) is 9.59 Å². The zero-order valence-electron chi connectivity index (χ0n) is 21.1. The van der Waals surface area contributed by atoms with Crippen molar-refractivity contribution in [2.75, 3.05) is 23.3 Å². The summed E-state index contributed by atoms with van der Waals surface area (Å²) in [5, 5.41) is 10.3. The number of anilines is 2. The molecule has 1 fully saturated rings. The molecule has 1 aromatic carbocycles. The molecule has 9 heteroatoms. The predicted octanol–water partition coefficient (Wildman–Crippen LogP) is 5.17. The lowest BCUT2D eigenvalue weighted by Crippen LogP contribution is -2.42. The van der Waals surface area contributed by atoms with E-state index in [1.165, 1.54) is 12.8 Å². The molecule has 2 aliphatic heterocycles. The van der Waals surface area contributed by atoms with Crippen molar-refractivity contribution in [1.29, 1.82) is 0 Å². The minimum atomic E-state index is -0.516. The van der Waals surface area contributed by atoms with Gasteiger partial charge in [-0.1, -0.05) is 26.7 Å². The van der Waals surface area contributed by atoms with Gasteiger partial charge in [0.15, 0.2) is 11.5 Å². The van der Waals surface area contributed by atoms with E-state index in [4.69, 9.17) is 4.98 Å². The number of hydrogen-bond donors (Lipinski definition) is 3. The number of imidazole rings is 1. The highest BCUT2D eigenvalue weighted by atomic mass is 16.2. The number of carbonyl (C=O) groups excluding carboxylic acids is 2. The van der Waals surface area contributed by atoms with Crippen molar-refractivity contribution < 1.29 is 9.59 Å². The standard InChI is InChI=1S/C26H35N7O2/c1-5-26(6-2)17-13-18-19(14-21(17)33(16(3)4)24(26)34)29-23(28-18)22-20(15-27-31-22)30-25(35)32-11-9-7-8-10-12-32/h13-16H,5-12H2,1-4H3,(H,27,31)(H,28,29)(H,30,35). The first-order valence-corrected chi connectivity index (χ1v) is 12.9. The lowest BCUT2D eigenvalue weighted by atomic mass is 9.77. The van der Waals surface area contributed by atoms with E-state index in [2.05, 4.69) is 40.4 Å². The number of aromatic amines is 2. The number of aromatic nitrogens is 4. The number of carbonyl (C=O) groups is 2. The molecule has 186 valence electrons. The minimum absolute atomic E-state index is 0.0595. The number of H-pyrrole nitrogens is 2. The van der Waals surface area contributed by atoms with Gasteiger partial charge in [0.1, 0.15) is 0 Å². The van der Waals surface area contributed by atoms with E-state index in [0.29, 0.717) is 17.2 Å². The van der Waals surface area contributed by atoms with E-state index in [0.717, 1.165) is 61.1 Å². The van der Waals surface area contributed by atoms with Crippen LogP contribution in [0.15, 0.2) is 18.3 Å². The zero-order chi connectivity index (χ0) is 24.7. The molecule has 0 radical (unpaired) electrons. The van der Waals surface area contributed by atoms with Crippen LogP contribution >= 0.6 is 0 Å². The Morgan fingerprint density at radius 2 is 1.86 bits per heavy atom. The zero-order valence-corrected chi connectivity index (χ0v) is 21.1. The second-order valence-electron chi connectivity index (χ2n) is 10.0. The average molecular weight is 478 g/mol. The number of nitrogens with zero attached hydrogens (tertiary/aromatic N) is 4. The quantitative estimate of drug-likeness (QED) is 0.471. The van der Waals surface area contributed by atoms with Gasteiger partial charge in [0.05, 0.1) is 27.8 Å². The Hall–Kier alpha value is -3.36. The lowest BCUT2D eigenvalue weighted by Gasteiger charge is -2.27. The molecule has 1 saturated heterocycles. The first-order chi connectivity index (χ1) is 16.9. The summed E-state index contributed by atoms with van der Waals surface area (Å²) in [6.07, 6.45) is 7.59. The molecule has 0 unspecified atom stereocenters. The maximum atomic E-state index is 13.5. The highest BCUT2D eigenvalue weighted by Crippen LogP contribution is 2.48. The SMILES string of the molecule is CCC1(CC)C(=O)N(C(C)C)c2cc3nc(-c4n[nH]cc4NC(=O)N4CCCCCC4)[nH]c3cc21. The molecule has 0 bridgehead atoms. The molecule has 2 aromatic heterocycles.